The zero-order chi connectivity index (χ0) is 16.5. The highest BCUT2D eigenvalue weighted by Gasteiger charge is 2.35. The van der Waals surface area contributed by atoms with Crippen molar-refractivity contribution in [1.82, 2.24) is 0 Å². The van der Waals surface area contributed by atoms with Crippen LogP contribution in [0.5, 0.6) is 0 Å². The zero-order valence-corrected chi connectivity index (χ0v) is 13.8. The second-order valence-electron chi connectivity index (χ2n) is 6.58. The van der Waals surface area contributed by atoms with E-state index < -0.39 is 10.0 Å². The van der Waals surface area contributed by atoms with Crippen LogP contribution in [0, 0.1) is 16.7 Å². The van der Waals surface area contributed by atoms with Gasteiger partial charge in [-0.15, -0.1) is 0 Å². The number of primary sulfonamides is 1. The van der Waals surface area contributed by atoms with Crippen LogP contribution in [-0.4, -0.2) is 21.5 Å². The predicted molar refractivity (Wildman–Crippen MR) is 89.4 cm³/mol. The molecule has 1 aliphatic heterocycles. The third kappa shape index (κ3) is 3.26. The molecule has 1 saturated heterocycles. The van der Waals surface area contributed by atoms with Gasteiger partial charge in [0, 0.05) is 13.1 Å². The van der Waals surface area contributed by atoms with E-state index in [1.165, 1.54) is 25.0 Å². The highest BCUT2D eigenvalue weighted by molar-refractivity contribution is 7.89. The lowest BCUT2D eigenvalue weighted by molar-refractivity contribution is 0.209. The van der Waals surface area contributed by atoms with Crippen LogP contribution in [-0.2, 0) is 10.0 Å². The second-order valence-corrected chi connectivity index (χ2v) is 8.14. The first-order chi connectivity index (χ1) is 10.9. The molecule has 0 unspecified atom stereocenters. The van der Waals surface area contributed by atoms with Gasteiger partial charge in [-0.25, -0.2) is 13.6 Å². The summed E-state index contributed by atoms with van der Waals surface area (Å²) in [5.74, 6) is 0. The molecule has 2 aliphatic rings. The summed E-state index contributed by atoms with van der Waals surface area (Å²) in [6.45, 7) is 1.82. The molecule has 1 atom stereocenters. The first-order valence-corrected chi connectivity index (χ1v) is 9.45. The lowest BCUT2D eigenvalue weighted by Crippen LogP contribution is -2.44. The van der Waals surface area contributed by atoms with Crippen molar-refractivity contribution in [3.63, 3.8) is 0 Å². The van der Waals surface area contributed by atoms with Crippen LogP contribution >= 0.6 is 0 Å². The Kier molecular flexibility index (Phi) is 4.17. The first kappa shape index (κ1) is 16.0. The Bertz CT molecular complexity index is 780. The van der Waals surface area contributed by atoms with E-state index in [1.54, 1.807) is 6.07 Å². The Hall–Kier alpha value is -1.84. The SMILES string of the molecule is N#Cc1cc(S(N)(=O)=O)ccc1N1CCC[C@@]2(CC=CCC2)C1. The van der Waals surface area contributed by atoms with E-state index in [0.29, 0.717) is 11.0 Å². The van der Waals surface area contributed by atoms with Crippen molar-refractivity contribution >= 4 is 15.7 Å². The Morgan fingerprint density at radius 3 is 2.74 bits per heavy atom. The molecule has 0 radical (unpaired) electrons. The molecule has 1 heterocycles. The molecule has 1 spiro atoms. The van der Waals surface area contributed by atoms with Crippen LogP contribution < -0.4 is 10.0 Å². The van der Waals surface area contributed by atoms with Crippen molar-refractivity contribution in [3.05, 3.63) is 35.9 Å². The fourth-order valence-corrected chi connectivity index (χ4v) is 4.32. The Labute approximate surface area is 137 Å². The van der Waals surface area contributed by atoms with Crippen LogP contribution in [0.15, 0.2) is 35.2 Å². The topological polar surface area (TPSA) is 87.2 Å². The highest BCUT2D eigenvalue weighted by atomic mass is 32.2. The maximum absolute atomic E-state index is 11.5. The van der Waals surface area contributed by atoms with Crippen LogP contribution in [0.3, 0.4) is 0 Å². The van der Waals surface area contributed by atoms with Crippen LogP contribution in [0.4, 0.5) is 5.69 Å². The predicted octanol–water partition coefficient (Wildman–Crippen LogP) is 2.53. The molecule has 23 heavy (non-hydrogen) atoms. The Balaban J connectivity index is 1.92. The maximum Gasteiger partial charge on any atom is 0.238 e. The van der Waals surface area contributed by atoms with E-state index in [-0.39, 0.29) is 4.90 Å². The van der Waals surface area contributed by atoms with Crippen molar-refractivity contribution in [2.24, 2.45) is 10.6 Å². The number of anilines is 1. The fourth-order valence-electron chi connectivity index (χ4n) is 3.78. The third-order valence-electron chi connectivity index (χ3n) is 4.98. The van der Waals surface area contributed by atoms with Gasteiger partial charge in [0.25, 0.3) is 0 Å². The van der Waals surface area contributed by atoms with E-state index in [9.17, 15) is 13.7 Å². The van der Waals surface area contributed by atoms with Gasteiger partial charge >= 0.3 is 0 Å². The molecule has 1 fully saturated rings. The summed E-state index contributed by atoms with van der Waals surface area (Å²) in [7, 11) is -3.79. The standard InChI is InChI=1S/C17H21N3O2S/c18-12-14-11-15(23(19,21)22)5-6-16(14)20-10-4-9-17(13-20)7-2-1-3-8-17/h1-2,5-6,11H,3-4,7-10,13H2,(H2,19,21,22)/t17-/m0/s1. The monoisotopic (exact) mass is 331 g/mol. The number of sulfonamides is 1. The molecule has 5 nitrogen and oxygen atoms in total. The van der Waals surface area contributed by atoms with Gasteiger partial charge in [0.1, 0.15) is 6.07 Å². The summed E-state index contributed by atoms with van der Waals surface area (Å²) < 4.78 is 23.0. The molecule has 1 aromatic carbocycles. The Morgan fingerprint density at radius 1 is 1.26 bits per heavy atom. The minimum absolute atomic E-state index is 0.00915. The molecular formula is C17H21N3O2S. The average Bonchev–Trinajstić information content (AvgIpc) is 2.54. The normalized spacial score (nSPS) is 24.6. The smallest absolute Gasteiger partial charge is 0.238 e. The van der Waals surface area contributed by atoms with Crippen LogP contribution in [0.25, 0.3) is 0 Å². The number of rotatable bonds is 2. The number of nitrogens with two attached hydrogens (primary N) is 1. The summed E-state index contributed by atoms with van der Waals surface area (Å²) >= 11 is 0. The van der Waals surface area contributed by atoms with Gasteiger partial charge in [-0.05, 0) is 55.7 Å². The van der Waals surface area contributed by atoms with Crippen molar-refractivity contribution < 1.29 is 8.42 Å². The van der Waals surface area contributed by atoms with Gasteiger partial charge in [0.2, 0.25) is 10.0 Å². The minimum atomic E-state index is -3.79. The zero-order valence-electron chi connectivity index (χ0n) is 13.0. The number of nitrogens with zero attached hydrogens (tertiary/aromatic N) is 2. The highest BCUT2D eigenvalue weighted by Crippen LogP contribution is 2.42. The number of hydrogen-bond acceptors (Lipinski definition) is 4. The molecule has 0 aromatic heterocycles. The lowest BCUT2D eigenvalue weighted by Gasteiger charge is -2.45. The largest absolute Gasteiger partial charge is 0.370 e. The molecule has 0 amide bonds. The summed E-state index contributed by atoms with van der Waals surface area (Å²) in [6.07, 6.45) is 10.2. The fraction of sp³-hybridized carbons (Fsp3) is 0.471. The van der Waals surface area contributed by atoms with Gasteiger partial charge in [0.05, 0.1) is 16.1 Å². The number of piperidine rings is 1. The van der Waals surface area contributed by atoms with E-state index in [1.807, 2.05) is 0 Å². The molecule has 1 aromatic rings. The second kappa shape index (κ2) is 5.99. The number of nitriles is 1. The third-order valence-corrected chi connectivity index (χ3v) is 5.89. The summed E-state index contributed by atoms with van der Waals surface area (Å²) in [5, 5.41) is 14.6. The van der Waals surface area contributed by atoms with Crippen molar-refractivity contribution in [1.29, 1.82) is 5.26 Å². The van der Waals surface area contributed by atoms with Gasteiger partial charge in [-0.1, -0.05) is 12.2 Å². The van der Waals surface area contributed by atoms with E-state index in [2.05, 4.69) is 23.1 Å². The quantitative estimate of drug-likeness (QED) is 0.844. The summed E-state index contributed by atoms with van der Waals surface area (Å²) in [6, 6.07) is 6.71. The number of hydrogen-bond donors (Lipinski definition) is 1. The molecule has 3 rings (SSSR count). The maximum atomic E-state index is 11.5. The first-order valence-electron chi connectivity index (χ1n) is 7.90. The minimum Gasteiger partial charge on any atom is -0.370 e. The van der Waals surface area contributed by atoms with E-state index in [0.717, 1.165) is 38.0 Å². The van der Waals surface area contributed by atoms with Gasteiger partial charge in [0.15, 0.2) is 0 Å². The number of allylic oxidation sites excluding steroid dienone is 2. The number of benzene rings is 1. The van der Waals surface area contributed by atoms with Crippen molar-refractivity contribution in [2.75, 3.05) is 18.0 Å². The van der Waals surface area contributed by atoms with Gasteiger partial charge in [-0.2, -0.15) is 5.26 Å². The van der Waals surface area contributed by atoms with Crippen LogP contribution in [0.1, 0.15) is 37.7 Å². The average molecular weight is 331 g/mol. The molecule has 2 N–H and O–H groups in total. The van der Waals surface area contributed by atoms with E-state index >= 15 is 0 Å². The summed E-state index contributed by atoms with van der Waals surface area (Å²) in [4.78, 5) is 2.22. The van der Waals surface area contributed by atoms with Crippen molar-refractivity contribution in [3.8, 4) is 6.07 Å². The Morgan fingerprint density at radius 2 is 2.09 bits per heavy atom. The van der Waals surface area contributed by atoms with Gasteiger partial charge < -0.3 is 4.90 Å². The van der Waals surface area contributed by atoms with Crippen molar-refractivity contribution in [2.45, 2.75) is 37.0 Å². The van der Waals surface area contributed by atoms with E-state index in [4.69, 9.17) is 5.14 Å². The molecule has 0 saturated carbocycles. The molecule has 6 heteroatoms. The summed E-state index contributed by atoms with van der Waals surface area (Å²) in [5.41, 5.74) is 1.48. The molecular weight excluding hydrogens is 310 g/mol. The van der Waals surface area contributed by atoms with Gasteiger partial charge in [-0.3, -0.25) is 0 Å². The molecule has 1 aliphatic carbocycles. The van der Waals surface area contributed by atoms with Crippen LogP contribution in [0.2, 0.25) is 0 Å². The molecule has 122 valence electrons. The lowest BCUT2D eigenvalue weighted by atomic mass is 9.71. The molecule has 0 bridgehead atoms.